The lowest BCUT2D eigenvalue weighted by atomic mass is 9.95. The third-order valence-corrected chi connectivity index (χ3v) is 4.09. The molecule has 94 valence electrons. The Balaban J connectivity index is 1.93. The zero-order chi connectivity index (χ0) is 12.1. The number of hydrogen-bond donors (Lipinski definition) is 1. The van der Waals surface area contributed by atoms with Crippen LogP contribution in [0.25, 0.3) is 0 Å². The molecular formula is C15H23NS. The van der Waals surface area contributed by atoms with Crippen molar-refractivity contribution in [3.05, 3.63) is 35.4 Å². The van der Waals surface area contributed by atoms with Crippen LogP contribution in [0.1, 0.15) is 36.3 Å². The highest BCUT2D eigenvalue weighted by molar-refractivity contribution is 7.98. The van der Waals surface area contributed by atoms with Crippen molar-refractivity contribution >= 4 is 11.8 Å². The van der Waals surface area contributed by atoms with Crippen molar-refractivity contribution < 1.29 is 0 Å². The van der Waals surface area contributed by atoms with Gasteiger partial charge in [-0.05, 0) is 49.7 Å². The lowest BCUT2D eigenvalue weighted by Crippen LogP contribution is -2.24. The standard InChI is InChI=1S/C15H23NS/c1-12-3-5-13(6-4-12)14(9-10-17-2)11-16-15-7-8-15/h3-6,14-16H,7-11H2,1-2H3. The summed E-state index contributed by atoms with van der Waals surface area (Å²) in [4.78, 5) is 0. The summed E-state index contributed by atoms with van der Waals surface area (Å²) in [7, 11) is 0. The molecule has 2 heteroatoms. The van der Waals surface area contributed by atoms with Gasteiger partial charge in [0.1, 0.15) is 0 Å². The number of rotatable bonds is 7. The van der Waals surface area contributed by atoms with Gasteiger partial charge in [0.25, 0.3) is 0 Å². The van der Waals surface area contributed by atoms with Gasteiger partial charge in [-0.15, -0.1) is 0 Å². The molecule has 1 N–H and O–H groups in total. The summed E-state index contributed by atoms with van der Waals surface area (Å²) >= 11 is 1.95. The first-order chi connectivity index (χ1) is 8.29. The van der Waals surface area contributed by atoms with E-state index in [1.54, 1.807) is 0 Å². The Morgan fingerprint density at radius 2 is 2.00 bits per heavy atom. The Kier molecular flexibility index (Phi) is 4.93. The molecule has 2 rings (SSSR count). The van der Waals surface area contributed by atoms with E-state index in [4.69, 9.17) is 0 Å². The van der Waals surface area contributed by atoms with Crippen molar-refractivity contribution in [2.45, 2.75) is 38.1 Å². The van der Waals surface area contributed by atoms with E-state index in [1.807, 2.05) is 11.8 Å². The van der Waals surface area contributed by atoms with E-state index in [-0.39, 0.29) is 0 Å². The molecule has 1 aliphatic rings. The van der Waals surface area contributed by atoms with Crippen LogP contribution < -0.4 is 5.32 Å². The summed E-state index contributed by atoms with van der Waals surface area (Å²) in [5.74, 6) is 1.94. The van der Waals surface area contributed by atoms with Crippen LogP contribution in [0, 0.1) is 6.92 Å². The second-order valence-corrected chi connectivity index (χ2v) is 6.06. The largest absolute Gasteiger partial charge is 0.313 e. The number of benzene rings is 1. The minimum atomic E-state index is 0.684. The zero-order valence-corrected chi connectivity index (χ0v) is 11.7. The van der Waals surface area contributed by atoms with Crippen molar-refractivity contribution in [2.24, 2.45) is 0 Å². The summed E-state index contributed by atoms with van der Waals surface area (Å²) in [5.41, 5.74) is 2.85. The van der Waals surface area contributed by atoms with Crippen LogP contribution >= 0.6 is 11.8 Å². The first-order valence-corrected chi connectivity index (χ1v) is 7.98. The van der Waals surface area contributed by atoms with Crippen LogP contribution in [0.4, 0.5) is 0 Å². The Hall–Kier alpha value is -0.470. The summed E-state index contributed by atoms with van der Waals surface area (Å²) in [6, 6.07) is 9.89. The molecule has 1 atom stereocenters. The first kappa shape index (κ1) is 13.0. The molecule has 1 aliphatic carbocycles. The lowest BCUT2D eigenvalue weighted by Gasteiger charge is -2.18. The normalized spacial score (nSPS) is 17.1. The maximum absolute atomic E-state index is 3.67. The topological polar surface area (TPSA) is 12.0 Å². The van der Waals surface area contributed by atoms with Gasteiger partial charge >= 0.3 is 0 Å². The van der Waals surface area contributed by atoms with Crippen molar-refractivity contribution in [3.8, 4) is 0 Å². The summed E-state index contributed by atoms with van der Waals surface area (Å²) < 4.78 is 0. The Bertz CT molecular complexity index is 329. The molecule has 1 nitrogen and oxygen atoms in total. The average molecular weight is 249 g/mol. The monoisotopic (exact) mass is 249 g/mol. The van der Waals surface area contributed by atoms with Crippen molar-refractivity contribution in [1.29, 1.82) is 0 Å². The quantitative estimate of drug-likeness (QED) is 0.792. The van der Waals surface area contributed by atoms with E-state index in [2.05, 4.69) is 42.8 Å². The van der Waals surface area contributed by atoms with E-state index < -0.39 is 0 Å². The summed E-state index contributed by atoms with van der Waals surface area (Å²) in [6.07, 6.45) is 6.23. The smallest absolute Gasteiger partial charge is 0.00684 e. The number of nitrogens with one attached hydrogen (secondary N) is 1. The number of aryl methyl sites for hydroxylation is 1. The van der Waals surface area contributed by atoms with Crippen LogP contribution in [0.2, 0.25) is 0 Å². The highest BCUT2D eigenvalue weighted by atomic mass is 32.2. The molecule has 0 amide bonds. The van der Waals surface area contributed by atoms with Gasteiger partial charge in [-0.25, -0.2) is 0 Å². The highest BCUT2D eigenvalue weighted by Gasteiger charge is 2.22. The third kappa shape index (κ3) is 4.36. The van der Waals surface area contributed by atoms with Crippen LogP contribution in [0.3, 0.4) is 0 Å². The van der Waals surface area contributed by atoms with E-state index in [9.17, 15) is 0 Å². The molecular weight excluding hydrogens is 226 g/mol. The molecule has 0 bridgehead atoms. The molecule has 17 heavy (non-hydrogen) atoms. The molecule has 0 aromatic heterocycles. The molecule has 0 saturated heterocycles. The molecule has 0 spiro atoms. The molecule has 1 saturated carbocycles. The van der Waals surface area contributed by atoms with Gasteiger partial charge in [0.15, 0.2) is 0 Å². The number of thioether (sulfide) groups is 1. The van der Waals surface area contributed by atoms with E-state index in [1.165, 1.54) is 36.1 Å². The van der Waals surface area contributed by atoms with E-state index in [0.717, 1.165) is 12.6 Å². The molecule has 1 unspecified atom stereocenters. The average Bonchev–Trinajstić information content (AvgIpc) is 3.15. The molecule has 0 aliphatic heterocycles. The molecule has 1 aromatic rings. The van der Waals surface area contributed by atoms with Crippen molar-refractivity contribution in [3.63, 3.8) is 0 Å². The summed E-state index contributed by atoms with van der Waals surface area (Å²) in [5, 5.41) is 3.67. The van der Waals surface area contributed by atoms with Crippen LogP contribution in [0.15, 0.2) is 24.3 Å². The fourth-order valence-corrected chi connectivity index (χ4v) is 2.60. The fourth-order valence-electron chi connectivity index (χ4n) is 2.08. The SMILES string of the molecule is CSCCC(CNC1CC1)c1ccc(C)cc1. The number of hydrogen-bond acceptors (Lipinski definition) is 2. The minimum absolute atomic E-state index is 0.684. The van der Waals surface area contributed by atoms with Crippen LogP contribution in [-0.2, 0) is 0 Å². The summed E-state index contributed by atoms with van der Waals surface area (Å²) in [6.45, 7) is 3.30. The van der Waals surface area contributed by atoms with Gasteiger partial charge in [0.05, 0.1) is 0 Å². The van der Waals surface area contributed by atoms with Gasteiger partial charge in [0.2, 0.25) is 0 Å². The predicted octanol–water partition coefficient (Wildman–Crippen LogP) is 3.58. The van der Waals surface area contributed by atoms with E-state index in [0.29, 0.717) is 5.92 Å². The van der Waals surface area contributed by atoms with Gasteiger partial charge < -0.3 is 5.32 Å². The molecule has 0 heterocycles. The first-order valence-electron chi connectivity index (χ1n) is 6.58. The molecule has 1 aromatic carbocycles. The van der Waals surface area contributed by atoms with Gasteiger partial charge in [-0.1, -0.05) is 29.8 Å². The zero-order valence-electron chi connectivity index (χ0n) is 10.9. The van der Waals surface area contributed by atoms with Crippen LogP contribution in [-0.4, -0.2) is 24.6 Å². The van der Waals surface area contributed by atoms with E-state index >= 15 is 0 Å². The van der Waals surface area contributed by atoms with Gasteiger partial charge in [0, 0.05) is 12.6 Å². The third-order valence-electron chi connectivity index (χ3n) is 3.45. The maximum atomic E-state index is 3.67. The highest BCUT2D eigenvalue weighted by Crippen LogP contribution is 2.24. The Morgan fingerprint density at radius 3 is 2.59 bits per heavy atom. The Morgan fingerprint density at radius 1 is 1.29 bits per heavy atom. The van der Waals surface area contributed by atoms with Crippen molar-refractivity contribution in [2.75, 3.05) is 18.6 Å². The predicted molar refractivity (Wildman–Crippen MR) is 77.9 cm³/mol. The fraction of sp³-hybridized carbons (Fsp3) is 0.600. The lowest BCUT2D eigenvalue weighted by molar-refractivity contribution is 0.570. The van der Waals surface area contributed by atoms with Crippen LogP contribution in [0.5, 0.6) is 0 Å². The minimum Gasteiger partial charge on any atom is -0.313 e. The molecule has 0 radical (unpaired) electrons. The van der Waals surface area contributed by atoms with Crippen molar-refractivity contribution in [1.82, 2.24) is 5.32 Å². The second kappa shape index (κ2) is 6.46. The van der Waals surface area contributed by atoms with Gasteiger partial charge in [-0.2, -0.15) is 11.8 Å². The maximum Gasteiger partial charge on any atom is 0.00684 e. The molecule has 1 fully saturated rings. The second-order valence-electron chi connectivity index (χ2n) is 5.07. The van der Waals surface area contributed by atoms with Gasteiger partial charge in [-0.3, -0.25) is 0 Å². The Labute approximate surface area is 109 Å².